The zero-order valence-corrected chi connectivity index (χ0v) is 41.9. The van der Waals surface area contributed by atoms with Crippen LogP contribution in [-0.4, -0.2) is 104 Å². The van der Waals surface area contributed by atoms with Crippen LogP contribution in [0.3, 0.4) is 0 Å². The van der Waals surface area contributed by atoms with Gasteiger partial charge in [0.05, 0.1) is 19.8 Å². The van der Waals surface area contributed by atoms with Crippen LogP contribution in [0.25, 0.3) is 0 Å². The topological polar surface area (TPSA) is 83.5 Å². The molecular weight excluding hydrogens is 791 g/mol. The lowest BCUT2D eigenvalue weighted by Gasteiger charge is -2.28. The van der Waals surface area contributed by atoms with Crippen LogP contribution in [0.2, 0.25) is 0 Å². The van der Waals surface area contributed by atoms with E-state index in [-0.39, 0.29) is 30.3 Å². The van der Waals surface area contributed by atoms with Crippen LogP contribution < -0.4 is 0 Å². The molecule has 0 aromatic heterocycles. The molecule has 0 radical (unpaired) electrons. The Morgan fingerprint density at radius 3 is 1.48 bits per heavy atom. The largest absolute Gasteiger partial charge is 0.461 e. The molecule has 0 spiro atoms. The molecule has 0 saturated carbocycles. The van der Waals surface area contributed by atoms with Crippen molar-refractivity contribution in [1.29, 1.82) is 0 Å². The lowest BCUT2D eigenvalue weighted by Crippen LogP contribution is -2.32. The third-order valence-corrected chi connectivity index (χ3v) is 13.9. The summed E-state index contributed by atoms with van der Waals surface area (Å²) in [5, 5.41) is 0. The Balaban J connectivity index is 2.54. The number of rotatable bonds is 45. The van der Waals surface area contributed by atoms with E-state index in [1.54, 1.807) is 0 Å². The number of nitrogens with zero attached hydrogens (tertiary/aromatic N) is 1. The third kappa shape index (κ3) is 34.0. The second kappa shape index (κ2) is 41.2. The number of ether oxygens (including phenoxy) is 5. The van der Waals surface area contributed by atoms with Gasteiger partial charge in [0.15, 0.2) is 5.79 Å². The molecule has 0 N–H and O–H groups in total. The molecule has 0 bridgehead atoms. The Morgan fingerprint density at radius 1 is 0.600 bits per heavy atom. The van der Waals surface area contributed by atoms with Gasteiger partial charge in [-0.2, -0.15) is 23.5 Å². The van der Waals surface area contributed by atoms with E-state index in [0.29, 0.717) is 32.7 Å². The van der Waals surface area contributed by atoms with E-state index in [0.717, 1.165) is 132 Å². The summed E-state index contributed by atoms with van der Waals surface area (Å²) in [5.41, 5.74) is 0. The first-order valence-electron chi connectivity index (χ1n) is 25.4. The van der Waals surface area contributed by atoms with Gasteiger partial charge < -0.3 is 28.6 Å². The molecule has 1 heterocycles. The van der Waals surface area contributed by atoms with Gasteiger partial charge >= 0.3 is 11.9 Å². The highest BCUT2D eigenvalue weighted by Gasteiger charge is 2.40. The average Bonchev–Trinajstić information content (AvgIpc) is 3.64. The lowest BCUT2D eigenvalue weighted by molar-refractivity contribution is -0.184. The zero-order valence-electron chi connectivity index (χ0n) is 40.2. The molecule has 0 aromatic rings. The Morgan fingerprint density at radius 2 is 1.03 bits per heavy atom. The molecule has 3 unspecified atom stereocenters. The molecule has 60 heavy (non-hydrogen) atoms. The maximum atomic E-state index is 12.6. The number of thioether (sulfide) groups is 2. The number of unbranched alkanes of at least 4 members (excludes halogenated alkanes) is 18. The van der Waals surface area contributed by atoms with E-state index in [1.807, 2.05) is 23.5 Å². The number of carbonyl (C=O) groups is 2. The second-order valence-corrected chi connectivity index (χ2v) is 20.2. The van der Waals surface area contributed by atoms with Crippen LogP contribution in [-0.2, 0) is 33.3 Å². The van der Waals surface area contributed by atoms with Crippen LogP contribution >= 0.6 is 23.5 Å². The van der Waals surface area contributed by atoms with E-state index >= 15 is 0 Å². The van der Waals surface area contributed by atoms with Crippen LogP contribution in [0.5, 0.6) is 0 Å². The molecule has 1 fully saturated rings. The third-order valence-electron chi connectivity index (χ3n) is 11.5. The summed E-state index contributed by atoms with van der Waals surface area (Å²) in [6.45, 7) is 11.7. The molecule has 8 nitrogen and oxygen atoms in total. The fourth-order valence-electron chi connectivity index (χ4n) is 7.71. The van der Waals surface area contributed by atoms with Crippen molar-refractivity contribution in [2.75, 3.05) is 63.5 Å². The normalized spacial score (nSPS) is 17.7. The molecule has 1 rings (SSSR count). The van der Waals surface area contributed by atoms with Crippen molar-refractivity contribution in [3.63, 3.8) is 0 Å². The average molecular weight is 888 g/mol. The van der Waals surface area contributed by atoms with Gasteiger partial charge in [-0.25, -0.2) is 0 Å². The highest BCUT2D eigenvalue weighted by atomic mass is 32.2. The summed E-state index contributed by atoms with van der Waals surface area (Å²) < 4.78 is 31.2. The maximum absolute atomic E-state index is 12.6. The minimum Gasteiger partial charge on any atom is -0.461 e. The number of carbonyl (C=O) groups excluding carboxylic acids is 2. The first-order valence-corrected chi connectivity index (χ1v) is 27.7. The fraction of sp³-hybridized carbons (Fsp3) is 0.960. The van der Waals surface area contributed by atoms with Crippen molar-refractivity contribution in [1.82, 2.24) is 4.90 Å². The predicted molar refractivity (Wildman–Crippen MR) is 259 cm³/mol. The van der Waals surface area contributed by atoms with E-state index in [4.69, 9.17) is 23.7 Å². The van der Waals surface area contributed by atoms with Gasteiger partial charge in [-0.1, -0.05) is 130 Å². The molecule has 356 valence electrons. The number of hydrogen-bond donors (Lipinski definition) is 0. The van der Waals surface area contributed by atoms with Gasteiger partial charge in [0.2, 0.25) is 0 Å². The highest BCUT2D eigenvalue weighted by molar-refractivity contribution is 7.99. The fourth-order valence-corrected chi connectivity index (χ4v) is 9.86. The van der Waals surface area contributed by atoms with Crippen molar-refractivity contribution >= 4 is 35.5 Å². The molecular formula is C50H97NO7S2. The standard InChI is InChI=1S/C50H97NO7S2/c1-7-11-15-19-25-33-48(52)56-45(31-23-17-13-9-3)43-59-39-29-21-27-35-50(55-42-47(58-50)41-54-38-37-51(5)6)36-28-22-30-40-60-44-46(32-24-18-14-10-4)57-49(53)34-26-20-16-12-8-2/h45-47H,7-44H2,1-6H3. The van der Waals surface area contributed by atoms with Crippen LogP contribution in [0.4, 0.5) is 0 Å². The lowest BCUT2D eigenvalue weighted by atomic mass is 10.0. The quantitative estimate of drug-likeness (QED) is 0.0435. The zero-order chi connectivity index (χ0) is 43.8. The van der Waals surface area contributed by atoms with Gasteiger partial charge in [-0.3, -0.25) is 9.59 Å². The molecule has 0 aromatic carbocycles. The minimum atomic E-state index is -0.515. The summed E-state index contributed by atoms with van der Waals surface area (Å²) in [6, 6.07) is 0. The van der Waals surface area contributed by atoms with E-state index in [1.165, 1.54) is 77.0 Å². The molecule has 0 amide bonds. The summed E-state index contributed by atoms with van der Waals surface area (Å²) >= 11 is 3.90. The smallest absolute Gasteiger partial charge is 0.306 e. The second-order valence-electron chi connectivity index (χ2n) is 17.9. The Hall–Kier alpha value is -0.520. The van der Waals surface area contributed by atoms with E-state index < -0.39 is 5.79 Å². The van der Waals surface area contributed by atoms with Crippen LogP contribution in [0.15, 0.2) is 0 Å². The highest BCUT2D eigenvalue weighted by Crippen LogP contribution is 2.35. The maximum Gasteiger partial charge on any atom is 0.306 e. The van der Waals surface area contributed by atoms with E-state index in [2.05, 4.69) is 46.7 Å². The summed E-state index contributed by atoms with van der Waals surface area (Å²) in [5.74, 6) is 3.47. The Bertz CT molecular complexity index is 915. The van der Waals surface area contributed by atoms with Gasteiger partial charge in [0, 0.05) is 43.7 Å². The van der Waals surface area contributed by atoms with Gasteiger partial charge in [0.1, 0.15) is 18.3 Å². The Labute approximate surface area is 380 Å². The molecule has 1 saturated heterocycles. The van der Waals surface area contributed by atoms with Crippen LogP contribution in [0, 0.1) is 0 Å². The minimum absolute atomic E-state index is 0.00205. The number of likely N-dealkylation sites (N-methyl/N-ethyl adjacent to an activating group) is 1. The van der Waals surface area contributed by atoms with Crippen molar-refractivity contribution < 1.29 is 33.3 Å². The van der Waals surface area contributed by atoms with Gasteiger partial charge in [0.25, 0.3) is 0 Å². The summed E-state index contributed by atoms with van der Waals surface area (Å²) in [4.78, 5) is 27.4. The van der Waals surface area contributed by atoms with Gasteiger partial charge in [-0.15, -0.1) is 0 Å². The van der Waals surface area contributed by atoms with Gasteiger partial charge in [-0.05, 0) is 89.8 Å². The molecule has 1 aliphatic rings. The first-order chi connectivity index (χ1) is 29.3. The SMILES string of the molecule is CCCCCCCC(=O)OC(CCCCCC)CSCCCCCC1(CCCCCSCC(CCCCCC)OC(=O)CCCCCCC)OCC(COCCN(C)C)O1. The van der Waals surface area contributed by atoms with Crippen molar-refractivity contribution in [2.24, 2.45) is 0 Å². The van der Waals surface area contributed by atoms with Crippen molar-refractivity contribution in [3.8, 4) is 0 Å². The molecule has 10 heteroatoms. The monoisotopic (exact) mass is 888 g/mol. The molecule has 0 aliphatic carbocycles. The number of hydrogen-bond acceptors (Lipinski definition) is 10. The molecule has 1 aliphatic heterocycles. The first kappa shape index (κ1) is 57.5. The summed E-state index contributed by atoms with van der Waals surface area (Å²) in [6.07, 6.45) is 32.9. The Kier molecular flexibility index (Phi) is 39.5. The predicted octanol–water partition coefficient (Wildman–Crippen LogP) is 13.7. The van der Waals surface area contributed by atoms with E-state index in [9.17, 15) is 9.59 Å². The van der Waals surface area contributed by atoms with Crippen molar-refractivity contribution in [3.05, 3.63) is 0 Å². The number of esters is 2. The van der Waals surface area contributed by atoms with Crippen LogP contribution in [0.1, 0.15) is 220 Å². The van der Waals surface area contributed by atoms with Crippen molar-refractivity contribution in [2.45, 2.75) is 244 Å². The molecule has 3 atom stereocenters. The summed E-state index contributed by atoms with van der Waals surface area (Å²) in [7, 11) is 4.14.